The van der Waals surface area contributed by atoms with E-state index in [1.165, 1.54) is 0 Å². The van der Waals surface area contributed by atoms with Crippen LogP contribution in [0.5, 0.6) is 0 Å². The lowest BCUT2D eigenvalue weighted by Crippen LogP contribution is -2.28. The first-order valence-corrected chi connectivity index (χ1v) is 8.93. The number of thiophene rings is 1. The van der Waals surface area contributed by atoms with Gasteiger partial charge >= 0.3 is 0 Å². The van der Waals surface area contributed by atoms with E-state index in [0.29, 0.717) is 44.8 Å². The predicted molar refractivity (Wildman–Crippen MR) is 99.1 cm³/mol. The van der Waals surface area contributed by atoms with Crippen LogP contribution in [-0.2, 0) is 0 Å². The van der Waals surface area contributed by atoms with Crippen LogP contribution >= 0.6 is 34.5 Å². The molecule has 0 aliphatic carbocycles. The lowest BCUT2D eigenvalue weighted by molar-refractivity contribution is 0.0956. The van der Waals surface area contributed by atoms with E-state index in [0.717, 1.165) is 11.3 Å². The van der Waals surface area contributed by atoms with Crippen molar-refractivity contribution in [2.45, 2.75) is 6.92 Å². The average Bonchev–Trinajstić information content (AvgIpc) is 3.20. The molecule has 0 bridgehead atoms. The van der Waals surface area contributed by atoms with Gasteiger partial charge in [-0.25, -0.2) is 14.6 Å². The Morgan fingerprint density at radius 2 is 2.12 bits per heavy atom. The molecule has 0 atom stereocenters. The quantitative estimate of drug-likeness (QED) is 0.624. The highest BCUT2D eigenvalue weighted by atomic mass is 35.5. The fourth-order valence-electron chi connectivity index (χ4n) is 2.12. The molecule has 0 radical (unpaired) electrons. The molecule has 10 heteroatoms. The van der Waals surface area contributed by atoms with Crippen molar-refractivity contribution in [1.29, 1.82) is 0 Å². The number of anilines is 1. The van der Waals surface area contributed by atoms with Crippen LogP contribution in [0.2, 0.25) is 8.67 Å². The van der Waals surface area contributed by atoms with Crippen LogP contribution in [0.15, 0.2) is 30.6 Å². The van der Waals surface area contributed by atoms with Crippen molar-refractivity contribution in [1.82, 2.24) is 25.1 Å². The number of nitrogens with one attached hydrogen (secondary N) is 2. The van der Waals surface area contributed by atoms with E-state index in [2.05, 4.69) is 25.7 Å². The maximum absolute atomic E-state index is 12.0. The monoisotopic (exact) mass is 396 g/mol. The van der Waals surface area contributed by atoms with E-state index in [4.69, 9.17) is 23.2 Å². The van der Waals surface area contributed by atoms with E-state index in [9.17, 15) is 4.79 Å². The molecular formula is C15H14Cl2N6OS. The Labute approximate surface area is 158 Å². The Hall–Kier alpha value is -2.16. The van der Waals surface area contributed by atoms with Gasteiger partial charge in [0.15, 0.2) is 5.82 Å². The van der Waals surface area contributed by atoms with Gasteiger partial charge in [-0.1, -0.05) is 23.2 Å². The van der Waals surface area contributed by atoms with Gasteiger partial charge in [-0.2, -0.15) is 5.10 Å². The van der Waals surface area contributed by atoms with Crippen molar-refractivity contribution >= 4 is 46.3 Å². The molecule has 0 fully saturated rings. The number of carbonyl (C=O) groups excluding carboxylic acids is 1. The number of carbonyl (C=O) groups is 1. The molecule has 3 aromatic rings. The number of nitrogens with zero attached hydrogens (tertiary/aromatic N) is 4. The van der Waals surface area contributed by atoms with Crippen molar-refractivity contribution in [2.75, 3.05) is 18.4 Å². The van der Waals surface area contributed by atoms with Gasteiger partial charge in [-0.05, 0) is 19.1 Å². The molecule has 3 heterocycles. The third-order valence-electron chi connectivity index (χ3n) is 3.18. The minimum absolute atomic E-state index is 0.258. The van der Waals surface area contributed by atoms with Crippen LogP contribution in [0, 0.1) is 6.92 Å². The largest absolute Gasteiger partial charge is 0.368 e. The van der Waals surface area contributed by atoms with Crippen LogP contribution in [0.1, 0.15) is 16.2 Å². The van der Waals surface area contributed by atoms with Crippen LogP contribution in [-0.4, -0.2) is 38.7 Å². The molecule has 3 aromatic heterocycles. The summed E-state index contributed by atoms with van der Waals surface area (Å²) in [6.45, 7) is 2.71. The molecule has 2 N–H and O–H groups in total. The SMILES string of the molecule is Cc1nc(NCCNC(=O)c2cc(Cl)sc2Cl)cc(-n2cccn2)n1. The Kier molecular flexibility index (Phi) is 5.52. The van der Waals surface area contributed by atoms with Gasteiger partial charge in [-0.15, -0.1) is 11.3 Å². The highest BCUT2D eigenvalue weighted by Crippen LogP contribution is 2.30. The Morgan fingerprint density at radius 3 is 2.80 bits per heavy atom. The normalized spacial score (nSPS) is 10.7. The predicted octanol–water partition coefficient (Wildman–Crippen LogP) is 3.18. The number of amides is 1. The van der Waals surface area contributed by atoms with Crippen molar-refractivity contribution in [3.05, 3.63) is 50.7 Å². The summed E-state index contributed by atoms with van der Waals surface area (Å²) >= 11 is 13.0. The summed E-state index contributed by atoms with van der Waals surface area (Å²) in [7, 11) is 0. The molecular weight excluding hydrogens is 383 g/mol. The van der Waals surface area contributed by atoms with E-state index in [1.54, 1.807) is 23.0 Å². The van der Waals surface area contributed by atoms with Crippen molar-refractivity contribution < 1.29 is 4.79 Å². The second kappa shape index (κ2) is 7.81. The summed E-state index contributed by atoms with van der Waals surface area (Å²) in [5.74, 6) is 1.69. The maximum atomic E-state index is 12.0. The molecule has 0 aliphatic rings. The van der Waals surface area contributed by atoms with Gasteiger partial charge in [-0.3, -0.25) is 4.79 Å². The molecule has 130 valence electrons. The first-order valence-electron chi connectivity index (χ1n) is 7.35. The fourth-order valence-corrected chi connectivity index (χ4v) is 3.58. The number of aryl methyl sites for hydroxylation is 1. The number of hydrogen-bond acceptors (Lipinski definition) is 6. The number of halogens is 2. The van der Waals surface area contributed by atoms with Gasteiger partial charge in [0.05, 0.1) is 9.90 Å². The molecule has 0 aromatic carbocycles. The van der Waals surface area contributed by atoms with Gasteiger partial charge in [0.25, 0.3) is 5.91 Å². The highest BCUT2D eigenvalue weighted by molar-refractivity contribution is 7.20. The zero-order valence-electron chi connectivity index (χ0n) is 13.2. The second-order valence-electron chi connectivity index (χ2n) is 5.03. The van der Waals surface area contributed by atoms with Crippen LogP contribution < -0.4 is 10.6 Å². The summed E-state index contributed by atoms with van der Waals surface area (Å²) in [5.41, 5.74) is 0.385. The zero-order chi connectivity index (χ0) is 17.8. The van der Waals surface area contributed by atoms with E-state index in [1.807, 2.05) is 19.2 Å². The van der Waals surface area contributed by atoms with Gasteiger partial charge in [0.2, 0.25) is 0 Å². The standard InChI is InChI=1S/C15H14Cl2N6OS/c1-9-21-12(8-13(22-9)23-6-2-3-20-23)18-4-5-19-15(24)10-7-11(16)25-14(10)17/h2-3,6-8H,4-5H2,1H3,(H,19,24)(H,18,21,22). The molecule has 0 unspecified atom stereocenters. The molecule has 0 saturated carbocycles. The van der Waals surface area contributed by atoms with Crippen molar-refractivity contribution in [2.24, 2.45) is 0 Å². The lowest BCUT2D eigenvalue weighted by Gasteiger charge is -2.09. The van der Waals surface area contributed by atoms with E-state index >= 15 is 0 Å². The number of hydrogen-bond donors (Lipinski definition) is 2. The summed E-state index contributed by atoms with van der Waals surface area (Å²) in [5, 5.41) is 10.1. The molecule has 3 rings (SSSR count). The van der Waals surface area contributed by atoms with E-state index < -0.39 is 0 Å². The summed E-state index contributed by atoms with van der Waals surface area (Å²) in [6.07, 6.45) is 3.49. The van der Waals surface area contributed by atoms with Gasteiger partial charge in [0, 0.05) is 31.5 Å². The van der Waals surface area contributed by atoms with Crippen molar-refractivity contribution in [3.8, 4) is 5.82 Å². The molecule has 1 amide bonds. The van der Waals surface area contributed by atoms with Crippen LogP contribution in [0.4, 0.5) is 5.82 Å². The van der Waals surface area contributed by atoms with Crippen LogP contribution in [0.3, 0.4) is 0 Å². The highest BCUT2D eigenvalue weighted by Gasteiger charge is 2.13. The summed E-state index contributed by atoms with van der Waals surface area (Å²) in [6, 6.07) is 5.17. The Bertz CT molecular complexity index is 880. The Morgan fingerprint density at radius 1 is 1.28 bits per heavy atom. The third-order valence-corrected chi connectivity index (χ3v) is 4.67. The van der Waals surface area contributed by atoms with E-state index in [-0.39, 0.29) is 5.91 Å². The average molecular weight is 397 g/mol. The molecule has 0 aliphatic heterocycles. The Balaban J connectivity index is 1.56. The zero-order valence-corrected chi connectivity index (χ0v) is 15.5. The first-order chi connectivity index (χ1) is 12.0. The topological polar surface area (TPSA) is 84.7 Å². The van der Waals surface area contributed by atoms with Crippen LogP contribution in [0.25, 0.3) is 5.82 Å². The van der Waals surface area contributed by atoms with Gasteiger partial charge < -0.3 is 10.6 Å². The molecule has 7 nitrogen and oxygen atoms in total. The molecule has 0 saturated heterocycles. The lowest BCUT2D eigenvalue weighted by atomic mass is 10.3. The third kappa shape index (κ3) is 4.47. The summed E-state index contributed by atoms with van der Waals surface area (Å²) < 4.78 is 2.52. The summed E-state index contributed by atoms with van der Waals surface area (Å²) in [4.78, 5) is 20.7. The minimum atomic E-state index is -0.258. The molecule has 0 spiro atoms. The first kappa shape index (κ1) is 17.7. The van der Waals surface area contributed by atoms with Gasteiger partial charge in [0.1, 0.15) is 16.0 Å². The second-order valence-corrected chi connectivity index (χ2v) is 7.32. The maximum Gasteiger partial charge on any atom is 0.253 e. The van der Waals surface area contributed by atoms with Crippen molar-refractivity contribution in [3.63, 3.8) is 0 Å². The number of aromatic nitrogens is 4. The smallest absolute Gasteiger partial charge is 0.253 e. The minimum Gasteiger partial charge on any atom is -0.368 e. The number of rotatable bonds is 6. The fraction of sp³-hybridized carbons (Fsp3) is 0.200. The molecule has 25 heavy (non-hydrogen) atoms.